The number of aryl methyl sites for hydroxylation is 1. The maximum absolute atomic E-state index is 12.3. The van der Waals surface area contributed by atoms with Crippen molar-refractivity contribution in [3.05, 3.63) is 32.8 Å². The lowest BCUT2D eigenvalue weighted by molar-refractivity contribution is 0.387. The van der Waals surface area contributed by atoms with E-state index in [1.54, 1.807) is 6.92 Å². The molecule has 1 aromatic heterocycles. The van der Waals surface area contributed by atoms with Gasteiger partial charge in [-0.25, -0.2) is 13.1 Å². The molecule has 2 rings (SSSR count). The van der Waals surface area contributed by atoms with Gasteiger partial charge in [0.05, 0.1) is 6.54 Å². The Bertz CT molecular complexity index is 722. The number of rotatable bonds is 4. The maximum Gasteiger partial charge on any atom is 0.243 e. The van der Waals surface area contributed by atoms with E-state index >= 15 is 0 Å². The molecule has 0 aliphatic rings. The number of nitrogens with zero attached hydrogens (tertiary/aromatic N) is 2. The summed E-state index contributed by atoms with van der Waals surface area (Å²) in [6.07, 6.45) is 0. The van der Waals surface area contributed by atoms with E-state index in [9.17, 15) is 8.42 Å². The van der Waals surface area contributed by atoms with Gasteiger partial charge in [-0.15, -0.1) is 0 Å². The Morgan fingerprint density at radius 2 is 1.95 bits per heavy atom. The third kappa shape index (κ3) is 3.37. The molecule has 7 nitrogen and oxygen atoms in total. The van der Waals surface area contributed by atoms with Crippen LogP contribution in [0.2, 0.25) is 0 Å². The van der Waals surface area contributed by atoms with Crippen LogP contribution in [-0.2, 0) is 16.6 Å². The zero-order valence-corrected chi connectivity index (χ0v) is 14.2. The van der Waals surface area contributed by atoms with Gasteiger partial charge in [0.25, 0.3) is 0 Å². The molecule has 0 saturated carbocycles. The highest BCUT2D eigenvalue weighted by molar-refractivity contribution is 9.11. The molecule has 0 unspecified atom stereocenters. The summed E-state index contributed by atoms with van der Waals surface area (Å²) in [6, 6.07) is 3.02. The minimum Gasteiger partial charge on any atom is -0.399 e. The van der Waals surface area contributed by atoms with Crippen LogP contribution >= 0.6 is 31.9 Å². The molecule has 0 fully saturated rings. The van der Waals surface area contributed by atoms with Gasteiger partial charge in [0, 0.05) is 21.6 Å². The molecule has 0 atom stereocenters. The Hall–Kier alpha value is -0.970. The molecule has 3 N–H and O–H groups in total. The lowest BCUT2D eigenvalue weighted by atomic mass is 10.3. The molecule has 10 heteroatoms. The second-order valence-electron chi connectivity index (χ2n) is 3.87. The lowest BCUT2D eigenvalue weighted by Gasteiger charge is -2.10. The molecule has 1 aromatic carbocycles. The van der Waals surface area contributed by atoms with Crippen LogP contribution in [0.4, 0.5) is 5.69 Å². The van der Waals surface area contributed by atoms with Crippen molar-refractivity contribution in [2.75, 3.05) is 5.73 Å². The minimum atomic E-state index is -3.75. The van der Waals surface area contributed by atoms with Crippen LogP contribution in [-0.4, -0.2) is 18.6 Å². The fourth-order valence-electron chi connectivity index (χ4n) is 1.48. The fraction of sp³-hybridized carbons (Fsp3) is 0.200. The molecule has 0 radical (unpaired) electrons. The molecule has 20 heavy (non-hydrogen) atoms. The molecule has 0 bridgehead atoms. The molecule has 2 aromatic rings. The van der Waals surface area contributed by atoms with Crippen LogP contribution in [0.3, 0.4) is 0 Å². The average molecular weight is 426 g/mol. The first-order chi connectivity index (χ1) is 9.29. The van der Waals surface area contributed by atoms with Crippen molar-refractivity contribution < 1.29 is 12.9 Å². The van der Waals surface area contributed by atoms with Crippen molar-refractivity contribution >= 4 is 47.6 Å². The van der Waals surface area contributed by atoms with Crippen LogP contribution in [0.5, 0.6) is 0 Å². The first-order valence-electron chi connectivity index (χ1n) is 5.33. The number of benzene rings is 1. The third-order valence-corrected chi connectivity index (χ3v) is 5.56. The number of halogens is 2. The predicted molar refractivity (Wildman–Crippen MR) is 79.3 cm³/mol. The highest BCUT2D eigenvalue weighted by Gasteiger charge is 2.22. The van der Waals surface area contributed by atoms with E-state index in [1.807, 2.05) is 0 Å². The first-order valence-corrected chi connectivity index (χ1v) is 8.40. The van der Waals surface area contributed by atoms with Gasteiger partial charge in [-0.05, 0) is 44.0 Å². The second kappa shape index (κ2) is 5.80. The van der Waals surface area contributed by atoms with Crippen molar-refractivity contribution in [3.63, 3.8) is 0 Å². The van der Waals surface area contributed by atoms with Crippen molar-refractivity contribution in [2.45, 2.75) is 18.4 Å². The molecule has 0 aliphatic carbocycles. The number of hydrogen-bond donors (Lipinski definition) is 2. The van der Waals surface area contributed by atoms with Gasteiger partial charge in [0.15, 0.2) is 5.82 Å². The largest absolute Gasteiger partial charge is 0.399 e. The minimum absolute atomic E-state index is 0.0620. The number of hydrogen-bond acceptors (Lipinski definition) is 6. The van der Waals surface area contributed by atoms with Gasteiger partial charge in [-0.2, -0.15) is 4.98 Å². The topological polar surface area (TPSA) is 111 Å². The lowest BCUT2D eigenvalue weighted by Crippen LogP contribution is -2.24. The van der Waals surface area contributed by atoms with Crippen molar-refractivity contribution in [1.29, 1.82) is 0 Å². The maximum atomic E-state index is 12.3. The quantitative estimate of drug-likeness (QED) is 0.724. The fourth-order valence-corrected chi connectivity index (χ4v) is 5.08. The summed E-state index contributed by atoms with van der Waals surface area (Å²) in [5.74, 6) is 0.628. The summed E-state index contributed by atoms with van der Waals surface area (Å²) in [5, 5.41) is 3.61. The van der Waals surface area contributed by atoms with E-state index < -0.39 is 10.0 Å². The molecule has 0 amide bonds. The van der Waals surface area contributed by atoms with Gasteiger partial charge < -0.3 is 10.3 Å². The second-order valence-corrected chi connectivity index (χ2v) is 7.28. The summed E-state index contributed by atoms with van der Waals surface area (Å²) in [4.78, 5) is 3.98. The Labute approximate surface area is 132 Å². The number of nitrogens with two attached hydrogens (primary N) is 1. The zero-order valence-electron chi connectivity index (χ0n) is 10.2. The Kier molecular flexibility index (Phi) is 4.47. The molecular formula is C10H10Br2N4O3S. The zero-order chi connectivity index (χ0) is 14.9. The molecule has 0 saturated heterocycles. The molecule has 1 heterocycles. The van der Waals surface area contributed by atoms with E-state index in [0.29, 0.717) is 20.5 Å². The molecular weight excluding hydrogens is 416 g/mol. The van der Waals surface area contributed by atoms with Gasteiger partial charge in [-0.1, -0.05) is 5.16 Å². The normalized spacial score (nSPS) is 11.8. The highest BCUT2D eigenvalue weighted by atomic mass is 79.9. The van der Waals surface area contributed by atoms with Crippen molar-refractivity contribution in [3.8, 4) is 0 Å². The summed E-state index contributed by atoms with van der Waals surface area (Å²) in [6.45, 7) is 1.56. The van der Waals surface area contributed by atoms with Gasteiger partial charge in [0.2, 0.25) is 15.9 Å². The van der Waals surface area contributed by atoms with Crippen molar-refractivity contribution in [2.24, 2.45) is 0 Å². The van der Waals surface area contributed by atoms with E-state index in [-0.39, 0.29) is 17.3 Å². The van der Waals surface area contributed by atoms with Crippen LogP contribution < -0.4 is 10.5 Å². The van der Waals surface area contributed by atoms with E-state index in [2.05, 4.69) is 46.7 Å². The van der Waals surface area contributed by atoms with Gasteiger partial charge in [0.1, 0.15) is 4.90 Å². The van der Waals surface area contributed by atoms with Crippen molar-refractivity contribution in [1.82, 2.24) is 14.9 Å². The number of aromatic nitrogens is 2. The predicted octanol–water partition coefficient (Wildman–Crippen LogP) is 1.96. The SMILES string of the molecule is Cc1nc(CNS(=O)(=O)c2c(Br)cc(N)cc2Br)no1. The summed E-state index contributed by atoms with van der Waals surface area (Å²) in [7, 11) is -3.75. The van der Waals surface area contributed by atoms with E-state index in [1.165, 1.54) is 12.1 Å². The van der Waals surface area contributed by atoms with Crippen LogP contribution in [0.1, 0.15) is 11.7 Å². The monoisotopic (exact) mass is 424 g/mol. The highest BCUT2D eigenvalue weighted by Crippen LogP contribution is 2.32. The van der Waals surface area contributed by atoms with Crippen LogP contribution in [0, 0.1) is 6.92 Å². The smallest absolute Gasteiger partial charge is 0.243 e. The number of sulfonamides is 1. The molecule has 0 aliphatic heterocycles. The number of anilines is 1. The van der Waals surface area contributed by atoms with E-state index in [4.69, 9.17) is 10.3 Å². The standard InChI is InChI=1S/C10H10Br2N4O3S/c1-5-15-9(16-19-5)4-14-20(17,18)10-7(11)2-6(13)3-8(10)12/h2-3,14H,4,13H2,1H3. The average Bonchev–Trinajstić information content (AvgIpc) is 2.71. The Morgan fingerprint density at radius 3 is 2.45 bits per heavy atom. The first kappa shape index (κ1) is 15.4. The number of nitrogens with one attached hydrogen (secondary N) is 1. The Balaban J connectivity index is 2.27. The van der Waals surface area contributed by atoms with E-state index in [0.717, 1.165) is 0 Å². The summed E-state index contributed by atoms with van der Waals surface area (Å²) in [5.41, 5.74) is 6.07. The number of nitrogen functional groups attached to an aromatic ring is 1. The Morgan fingerprint density at radius 1 is 1.35 bits per heavy atom. The van der Waals surface area contributed by atoms with Gasteiger partial charge >= 0.3 is 0 Å². The van der Waals surface area contributed by atoms with Crippen LogP contribution in [0.25, 0.3) is 0 Å². The summed E-state index contributed by atoms with van der Waals surface area (Å²) >= 11 is 6.37. The van der Waals surface area contributed by atoms with Gasteiger partial charge in [-0.3, -0.25) is 0 Å². The summed E-state index contributed by atoms with van der Waals surface area (Å²) < 4.78 is 32.4. The molecule has 0 spiro atoms. The third-order valence-electron chi connectivity index (χ3n) is 2.28. The van der Waals surface area contributed by atoms with Crippen LogP contribution in [0.15, 0.2) is 30.5 Å². The molecule has 108 valence electrons.